The minimum atomic E-state index is 1.01. The van der Waals surface area contributed by atoms with Gasteiger partial charge in [-0.2, -0.15) is 0 Å². The van der Waals surface area contributed by atoms with Gasteiger partial charge in [-0.15, -0.1) is 0 Å². The van der Waals surface area contributed by atoms with E-state index in [0.717, 1.165) is 12.0 Å². The van der Waals surface area contributed by atoms with Crippen LogP contribution in [0.25, 0.3) is 0 Å². The van der Waals surface area contributed by atoms with Crippen molar-refractivity contribution in [3.8, 4) is 0 Å². The van der Waals surface area contributed by atoms with Crippen molar-refractivity contribution in [1.29, 1.82) is 0 Å². The van der Waals surface area contributed by atoms with Crippen molar-refractivity contribution in [3.63, 3.8) is 0 Å². The van der Waals surface area contributed by atoms with Gasteiger partial charge in [-0.1, -0.05) is 63.0 Å². The predicted octanol–water partition coefficient (Wildman–Crippen LogP) is 4.59. The Bertz CT molecular complexity index is 285. The molecule has 0 saturated carbocycles. The fourth-order valence-corrected chi connectivity index (χ4v) is 1.17. The zero-order valence-electron chi connectivity index (χ0n) is 9.51. The molecule has 0 saturated heterocycles. The Kier molecular flexibility index (Phi) is 6.47. The lowest BCUT2D eigenvalue weighted by molar-refractivity contribution is 1.21. The summed E-state index contributed by atoms with van der Waals surface area (Å²) in [4.78, 5) is 0. The molecule has 0 spiro atoms. The normalized spacial score (nSPS) is 14.9. The number of hydrogen-bond acceptors (Lipinski definition) is 0. The lowest BCUT2D eigenvalue weighted by Gasteiger charge is -1.99. The van der Waals surface area contributed by atoms with Gasteiger partial charge in [0, 0.05) is 0 Å². The molecule has 0 atom stereocenters. The summed E-state index contributed by atoms with van der Waals surface area (Å²) in [5.74, 6) is 0. The molecule has 0 radical (unpaired) electrons. The highest BCUT2D eigenvalue weighted by Crippen LogP contribution is 2.19. The van der Waals surface area contributed by atoms with Crippen molar-refractivity contribution in [2.45, 2.75) is 27.2 Å². The second-order valence-electron chi connectivity index (χ2n) is 2.91. The second-order valence-corrected chi connectivity index (χ2v) is 2.91. The Hall–Kier alpha value is -1.30. The quantitative estimate of drug-likeness (QED) is 0.594. The van der Waals surface area contributed by atoms with Crippen molar-refractivity contribution >= 4 is 0 Å². The first-order valence-electron chi connectivity index (χ1n) is 5.11. The van der Waals surface area contributed by atoms with Crippen LogP contribution in [-0.2, 0) is 0 Å². The van der Waals surface area contributed by atoms with E-state index in [4.69, 9.17) is 0 Å². The van der Waals surface area contributed by atoms with E-state index in [9.17, 15) is 0 Å². The van der Waals surface area contributed by atoms with Crippen LogP contribution < -0.4 is 0 Å². The average molecular weight is 188 g/mol. The molecule has 1 rings (SSSR count). The summed E-state index contributed by atoms with van der Waals surface area (Å²) in [5.41, 5.74) is 3.70. The topological polar surface area (TPSA) is 0 Å². The first-order chi connectivity index (χ1) is 6.77. The fraction of sp³-hybridized carbons (Fsp3) is 0.286. The molecule has 0 N–H and O–H groups in total. The largest absolute Gasteiger partial charge is 0.0985 e. The smallest absolute Gasteiger partial charge is 0.0129 e. The lowest BCUT2D eigenvalue weighted by atomic mass is 10.1. The maximum atomic E-state index is 3.77. The molecular formula is C14H20. The fourth-order valence-electron chi connectivity index (χ4n) is 1.17. The Balaban J connectivity index is 0.000000791. The number of rotatable bonds is 2. The third-order valence-corrected chi connectivity index (χ3v) is 1.96. The van der Waals surface area contributed by atoms with Crippen LogP contribution in [0.2, 0.25) is 0 Å². The molecule has 0 aliphatic heterocycles. The van der Waals surface area contributed by atoms with Gasteiger partial charge in [0.1, 0.15) is 0 Å². The molecule has 0 aromatic carbocycles. The molecule has 0 aromatic heterocycles. The second kappa shape index (κ2) is 7.14. The highest BCUT2D eigenvalue weighted by molar-refractivity contribution is 5.49. The Morgan fingerprint density at radius 2 is 1.64 bits per heavy atom. The van der Waals surface area contributed by atoms with Crippen LogP contribution in [0, 0.1) is 0 Å². The zero-order valence-corrected chi connectivity index (χ0v) is 9.51. The van der Waals surface area contributed by atoms with Gasteiger partial charge in [0.2, 0.25) is 0 Å². The van der Waals surface area contributed by atoms with Crippen LogP contribution in [0.15, 0.2) is 60.3 Å². The van der Waals surface area contributed by atoms with Gasteiger partial charge in [-0.05, 0) is 24.5 Å². The SMILES string of the molecule is C=CC1=CC=C(C)CC=C1C=C.CC. The van der Waals surface area contributed by atoms with Crippen molar-refractivity contribution in [3.05, 3.63) is 60.3 Å². The summed E-state index contributed by atoms with van der Waals surface area (Å²) in [6, 6.07) is 0. The van der Waals surface area contributed by atoms with Crippen LogP contribution in [0.3, 0.4) is 0 Å². The molecule has 1 aliphatic rings. The summed E-state index contributed by atoms with van der Waals surface area (Å²) >= 11 is 0. The molecule has 76 valence electrons. The molecule has 0 bridgehead atoms. The third kappa shape index (κ3) is 3.61. The van der Waals surface area contributed by atoms with E-state index in [-0.39, 0.29) is 0 Å². The first kappa shape index (κ1) is 12.7. The summed E-state index contributed by atoms with van der Waals surface area (Å²) < 4.78 is 0. The molecule has 0 fully saturated rings. The average Bonchev–Trinajstić information content (AvgIpc) is 2.42. The van der Waals surface area contributed by atoms with Gasteiger partial charge < -0.3 is 0 Å². The van der Waals surface area contributed by atoms with E-state index >= 15 is 0 Å². The van der Waals surface area contributed by atoms with E-state index in [1.54, 1.807) is 0 Å². The van der Waals surface area contributed by atoms with Crippen LogP contribution in [-0.4, -0.2) is 0 Å². The molecule has 0 heterocycles. The maximum absolute atomic E-state index is 3.77. The van der Waals surface area contributed by atoms with E-state index in [0.29, 0.717) is 0 Å². The van der Waals surface area contributed by atoms with E-state index in [1.807, 2.05) is 26.0 Å². The monoisotopic (exact) mass is 188 g/mol. The summed E-state index contributed by atoms with van der Waals surface area (Å²) in [7, 11) is 0. The van der Waals surface area contributed by atoms with Gasteiger partial charge in [-0.25, -0.2) is 0 Å². The molecule has 0 nitrogen and oxygen atoms in total. The minimum absolute atomic E-state index is 1.01. The van der Waals surface area contributed by atoms with Crippen LogP contribution in [0.1, 0.15) is 27.2 Å². The number of allylic oxidation sites excluding steroid dienone is 8. The summed E-state index contributed by atoms with van der Waals surface area (Å²) in [6.07, 6.45) is 11.1. The van der Waals surface area contributed by atoms with Crippen LogP contribution in [0.4, 0.5) is 0 Å². The third-order valence-electron chi connectivity index (χ3n) is 1.96. The summed E-state index contributed by atoms with van der Waals surface area (Å²) in [6.45, 7) is 13.7. The Morgan fingerprint density at radius 3 is 2.14 bits per heavy atom. The zero-order chi connectivity index (χ0) is 11.0. The van der Waals surface area contributed by atoms with Gasteiger partial charge in [0.25, 0.3) is 0 Å². The minimum Gasteiger partial charge on any atom is -0.0985 e. The molecule has 0 heteroatoms. The molecule has 0 unspecified atom stereocenters. The highest BCUT2D eigenvalue weighted by atomic mass is 14.0. The molecule has 0 aromatic rings. The Morgan fingerprint density at radius 1 is 1.07 bits per heavy atom. The van der Waals surface area contributed by atoms with Gasteiger partial charge in [-0.3, -0.25) is 0 Å². The maximum Gasteiger partial charge on any atom is -0.0129 e. The standard InChI is InChI=1S/C12H14.C2H6/c1-4-11-8-6-10(3)7-9-12(11)5-2;1-2/h4-6,8-9H,1-2,7H2,3H3;1-2H3. The van der Waals surface area contributed by atoms with Crippen molar-refractivity contribution < 1.29 is 0 Å². The Labute approximate surface area is 88.0 Å². The highest BCUT2D eigenvalue weighted by Gasteiger charge is 1.99. The van der Waals surface area contributed by atoms with Gasteiger partial charge in [0.05, 0.1) is 0 Å². The van der Waals surface area contributed by atoms with Crippen LogP contribution in [0.5, 0.6) is 0 Å². The van der Waals surface area contributed by atoms with E-state index < -0.39 is 0 Å². The first-order valence-corrected chi connectivity index (χ1v) is 5.11. The van der Waals surface area contributed by atoms with Crippen molar-refractivity contribution in [2.24, 2.45) is 0 Å². The van der Waals surface area contributed by atoms with Gasteiger partial charge >= 0.3 is 0 Å². The summed E-state index contributed by atoms with van der Waals surface area (Å²) in [5, 5.41) is 0. The predicted molar refractivity (Wildman–Crippen MR) is 66.3 cm³/mol. The van der Waals surface area contributed by atoms with Gasteiger partial charge in [0.15, 0.2) is 0 Å². The molecular weight excluding hydrogens is 168 g/mol. The molecule has 14 heavy (non-hydrogen) atoms. The van der Waals surface area contributed by atoms with Crippen LogP contribution >= 0.6 is 0 Å². The lowest BCUT2D eigenvalue weighted by Crippen LogP contribution is -1.79. The molecule has 0 amide bonds. The molecule has 1 aliphatic carbocycles. The van der Waals surface area contributed by atoms with E-state index in [2.05, 4.69) is 38.3 Å². The number of hydrogen-bond donors (Lipinski definition) is 0. The van der Waals surface area contributed by atoms with Crippen molar-refractivity contribution in [1.82, 2.24) is 0 Å². The van der Waals surface area contributed by atoms with Crippen molar-refractivity contribution in [2.75, 3.05) is 0 Å². The van der Waals surface area contributed by atoms with E-state index in [1.165, 1.54) is 11.1 Å².